The van der Waals surface area contributed by atoms with E-state index in [1.54, 1.807) is 11.8 Å². The smallest absolute Gasteiger partial charge is 0.230 e. The van der Waals surface area contributed by atoms with E-state index in [2.05, 4.69) is 17.4 Å². The standard InChI is InChI=1S/C17H20N2OS/c18-16-8-6-15(7-9-16)12-21-13-17(20)19-11-10-14-4-2-1-3-5-14/h1-9H,10-13,18H2,(H,19,20). The van der Waals surface area contributed by atoms with Crippen LogP contribution in [-0.2, 0) is 17.0 Å². The fraction of sp³-hybridized carbons (Fsp3) is 0.235. The number of amides is 1. The third-order valence-electron chi connectivity index (χ3n) is 3.06. The fourth-order valence-corrected chi connectivity index (χ4v) is 2.74. The normalized spacial score (nSPS) is 10.3. The van der Waals surface area contributed by atoms with Crippen LogP contribution in [0.4, 0.5) is 5.69 Å². The summed E-state index contributed by atoms with van der Waals surface area (Å²) in [7, 11) is 0. The Balaban J connectivity index is 1.60. The summed E-state index contributed by atoms with van der Waals surface area (Å²) in [6.07, 6.45) is 0.870. The molecule has 0 saturated carbocycles. The van der Waals surface area contributed by atoms with Crippen molar-refractivity contribution in [2.24, 2.45) is 0 Å². The van der Waals surface area contributed by atoms with E-state index in [0.717, 1.165) is 17.9 Å². The highest BCUT2D eigenvalue weighted by Crippen LogP contribution is 2.13. The molecule has 110 valence electrons. The molecule has 0 bridgehead atoms. The maximum absolute atomic E-state index is 11.7. The zero-order valence-corrected chi connectivity index (χ0v) is 12.7. The Morgan fingerprint density at radius 3 is 2.43 bits per heavy atom. The molecule has 0 aliphatic carbocycles. The molecule has 0 heterocycles. The summed E-state index contributed by atoms with van der Waals surface area (Å²) in [6.45, 7) is 0.686. The maximum Gasteiger partial charge on any atom is 0.230 e. The van der Waals surface area contributed by atoms with Crippen LogP contribution in [0.15, 0.2) is 54.6 Å². The van der Waals surface area contributed by atoms with E-state index in [9.17, 15) is 4.79 Å². The number of hydrogen-bond donors (Lipinski definition) is 2. The van der Waals surface area contributed by atoms with Crippen LogP contribution in [0.2, 0.25) is 0 Å². The molecule has 1 amide bonds. The second-order valence-electron chi connectivity index (χ2n) is 4.82. The fourth-order valence-electron chi connectivity index (χ4n) is 1.92. The maximum atomic E-state index is 11.7. The monoisotopic (exact) mass is 300 g/mol. The number of rotatable bonds is 7. The topological polar surface area (TPSA) is 55.1 Å². The summed E-state index contributed by atoms with van der Waals surface area (Å²) in [5.41, 5.74) is 8.83. The van der Waals surface area contributed by atoms with Gasteiger partial charge in [0.25, 0.3) is 0 Å². The molecular formula is C17H20N2OS. The summed E-state index contributed by atoms with van der Waals surface area (Å²) in [4.78, 5) is 11.7. The van der Waals surface area contributed by atoms with Crippen molar-refractivity contribution in [1.82, 2.24) is 5.32 Å². The van der Waals surface area contributed by atoms with Gasteiger partial charge in [0.15, 0.2) is 0 Å². The molecule has 3 N–H and O–H groups in total. The Morgan fingerprint density at radius 2 is 1.71 bits per heavy atom. The number of benzene rings is 2. The van der Waals surface area contributed by atoms with Crippen molar-refractivity contribution in [3.63, 3.8) is 0 Å². The minimum atomic E-state index is 0.0892. The van der Waals surface area contributed by atoms with Gasteiger partial charge in [-0.05, 0) is 29.7 Å². The van der Waals surface area contributed by atoms with Gasteiger partial charge in [0, 0.05) is 18.0 Å². The number of nitrogen functional groups attached to an aromatic ring is 1. The Morgan fingerprint density at radius 1 is 1.00 bits per heavy atom. The van der Waals surface area contributed by atoms with Crippen molar-refractivity contribution in [3.05, 3.63) is 65.7 Å². The van der Waals surface area contributed by atoms with E-state index in [0.29, 0.717) is 12.3 Å². The average Bonchev–Trinajstić information content (AvgIpc) is 2.50. The summed E-state index contributed by atoms with van der Waals surface area (Å²) in [5, 5.41) is 2.95. The lowest BCUT2D eigenvalue weighted by molar-refractivity contribution is -0.118. The lowest BCUT2D eigenvalue weighted by atomic mass is 10.1. The van der Waals surface area contributed by atoms with Crippen LogP contribution in [0.3, 0.4) is 0 Å². The van der Waals surface area contributed by atoms with Crippen molar-refractivity contribution in [1.29, 1.82) is 0 Å². The number of nitrogens with one attached hydrogen (secondary N) is 1. The molecule has 0 aromatic heterocycles. The zero-order chi connectivity index (χ0) is 14.9. The van der Waals surface area contributed by atoms with Crippen molar-refractivity contribution in [3.8, 4) is 0 Å². The molecule has 0 atom stereocenters. The van der Waals surface area contributed by atoms with Crippen LogP contribution in [0.1, 0.15) is 11.1 Å². The number of carbonyl (C=O) groups is 1. The van der Waals surface area contributed by atoms with Crippen LogP contribution < -0.4 is 11.1 Å². The first-order valence-electron chi connectivity index (χ1n) is 6.97. The lowest BCUT2D eigenvalue weighted by Crippen LogP contribution is -2.27. The van der Waals surface area contributed by atoms with E-state index >= 15 is 0 Å². The minimum Gasteiger partial charge on any atom is -0.399 e. The summed E-state index contributed by atoms with van der Waals surface area (Å²) < 4.78 is 0. The van der Waals surface area contributed by atoms with Gasteiger partial charge in [-0.15, -0.1) is 11.8 Å². The van der Waals surface area contributed by atoms with Crippen LogP contribution in [0.5, 0.6) is 0 Å². The summed E-state index contributed by atoms with van der Waals surface area (Å²) >= 11 is 1.61. The number of anilines is 1. The second kappa shape index (κ2) is 8.37. The molecule has 0 unspecified atom stereocenters. The van der Waals surface area contributed by atoms with E-state index in [4.69, 9.17) is 5.73 Å². The number of carbonyl (C=O) groups excluding carboxylic acids is 1. The first-order chi connectivity index (χ1) is 10.2. The minimum absolute atomic E-state index is 0.0892. The molecule has 4 heteroatoms. The highest BCUT2D eigenvalue weighted by molar-refractivity contribution is 7.99. The predicted molar refractivity (Wildman–Crippen MR) is 90.2 cm³/mol. The van der Waals surface area contributed by atoms with Gasteiger partial charge in [-0.1, -0.05) is 42.5 Å². The van der Waals surface area contributed by atoms with Crippen molar-refractivity contribution < 1.29 is 4.79 Å². The molecule has 21 heavy (non-hydrogen) atoms. The highest BCUT2D eigenvalue weighted by atomic mass is 32.2. The Bertz CT molecular complexity index is 555. The molecule has 0 fully saturated rings. The van der Waals surface area contributed by atoms with Gasteiger partial charge in [0.05, 0.1) is 5.75 Å². The number of thioether (sulfide) groups is 1. The molecule has 0 saturated heterocycles. The number of nitrogens with two attached hydrogens (primary N) is 1. The van der Waals surface area contributed by atoms with Gasteiger partial charge in [0.1, 0.15) is 0 Å². The first kappa shape index (κ1) is 15.4. The van der Waals surface area contributed by atoms with Gasteiger partial charge < -0.3 is 11.1 Å². The summed E-state index contributed by atoms with van der Waals surface area (Å²) in [5.74, 6) is 1.40. The SMILES string of the molecule is Nc1ccc(CSCC(=O)NCCc2ccccc2)cc1. The van der Waals surface area contributed by atoms with E-state index in [1.165, 1.54) is 11.1 Å². The molecule has 0 spiro atoms. The lowest BCUT2D eigenvalue weighted by Gasteiger charge is -2.06. The van der Waals surface area contributed by atoms with E-state index in [-0.39, 0.29) is 5.91 Å². The predicted octanol–water partition coefficient (Wildman–Crippen LogP) is 2.86. The molecule has 3 nitrogen and oxygen atoms in total. The van der Waals surface area contributed by atoms with Gasteiger partial charge in [-0.3, -0.25) is 4.79 Å². The third-order valence-corrected chi connectivity index (χ3v) is 4.06. The van der Waals surface area contributed by atoms with Crippen LogP contribution in [0.25, 0.3) is 0 Å². The van der Waals surface area contributed by atoms with Crippen molar-refractivity contribution in [2.75, 3.05) is 18.0 Å². The van der Waals surface area contributed by atoms with Gasteiger partial charge in [-0.25, -0.2) is 0 Å². The number of hydrogen-bond acceptors (Lipinski definition) is 3. The highest BCUT2D eigenvalue weighted by Gasteiger charge is 2.02. The Hall–Kier alpha value is -1.94. The van der Waals surface area contributed by atoms with Crippen LogP contribution in [-0.4, -0.2) is 18.2 Å². The molecule has 0 aliphatic rings. The molecule has 0 aliphatic heterocycles. The van der Waals surface area contributed by atoms with E-state index < -0.39 is 0 Å². The Labute approximate surface area is 129 Å². The van der Waals surface area contributed by atoms with Crippen LogP contribution in [0, 0.1) is 0 Å². The third kappa shape index (κ3) is 5.92. The van der Waals surface area contributed by atoms with E-state index in [1.807, 2.05) is 42.5 Å². The first-order valence-corrected chi connectivity index (χ1v) is 8.12. The van der Waals surface area contributed by atoms with Crippen molar-refractivity contribution in [2.45, 2.75) is 12.2 Å². The van der Waals surface area contributed by atoms with Crippen molar-refractivity contribution >= 4 is 23.4 Å². The summed E-state index contributed by atoms with van der Waals surface area (Å²) in [6, 6.07) is 17.9. The van der Waals surface area contributed by atoms with Gasteiger partial charge in [-0.2, -0.15) is 0 Å². The second-order valence-corrected chi connectivity index (χ2v) is 5.81. The van der Waals surface area contributed by atoms with Gasteiger partial charge >= 0.3 is 0 Å². The quantitative estimate of drug-likeness (QED) is 0.773. The largest absolute Gasteiger partial charge is 0.399 e. The van der Waals surface area contributed by atoms with Gasteiger partial charge in [0.2, 0.25) is 5.91 Å². The molecule has 2 rings (SSSR count). The molecule has 2 aromatic rings. The molecular weight excluding hydrogens is 280 g/mol. The average molecular weight is 300 g/mol. The molecule has 2 aromatic carbocycles. The zero-order valence-electron chi connectivity index (χ0n) is 11.9. The Kier molecular flexibility index (Phi) is 6.16. The molecule has 0 radical (unpaired) electrons. The van der Waals surface area contributed by atoms with Crippen LogP contribution >= 0.6 is 11.8 Å².